The first-order valence-electron chi connectivity index (χ1n) is 29.1. The van der Waals surface area contributed by atoms with Gasteiger partial charge >= 0.3 is 11.9 Å². The lowest BCUT2D eigenvalue weighted by molar-refractivity contribution is -0.161. The van der Waals surface area contributed by atoms with Gasteiger partial charge in [0, 0.05) is 58.8 Å². The number of aliphatic carboxylic acids is 1. The van der Waals surface area contributed by atoms with Crippen LogP contribution in [0.3, 0.4) is 0 Å². The Morgan fingerprint density at radius 2 is 1.39 bits per heavy atom. The summed E-state index contributed by atoms with van der Waals surface area (Å²) in [6.45, 7) is 7.03. The molecule has 15 N–H and O–H groups in total. The van der Waals surface area contributed by atoms with E-state index in [1.807, 2.05) is 24.3 Å². The van der Waals surface area contributed by atoms with Gasteiger partial charge in [0.15, 0.2) is 0 Å². The van der Waals surface area contributed by atoms with E-state index in [1.165, 1.54) is 22.8 Å². The van der Waals surface area contributed by atoms with Gasteiger partial charge in [0.1, 0.15) is 66.2 Å². The Bertz CT molecular complexity index is 3340. The van der Waals surface area contributed by atoms with Crippen molar-refractivity contribution in [3.63, 3.8) is 0 Å². The van der Waals surface area contributed by atoms with Crippen LogP contribution in [0, 0.1) is 5.92 Å². The van der Waals surface area contributed by atoms with E-state index in [0.29, 0.717) is 39.4 Å². The van der Waals surface area contributed by atoms with Crippen LogP contribution in [0.15, 0.2) is 66.6 Å². The molecule has 0 spiro atoms. The predicted molar refractivity (Wildman–Crippen MR) is 315 cm³/mol. The Morgan fingerprint density at radius 1 is 0.761 bits per heavy atom. The molecule has 10 amide bonds. The molecular weight excluding hydrogens is 1150 g/mol. The molecule has 0 aliphatic carbocycles. The highest BCUT2D eigenvalue weighted by Gasteiger charge is 2.44. The largest absolute Gasteiger partial charge is 0.480 e. The minimum atomic E-state index is -2.03. The third kappa shape index (κ3) is 16.0. The maximum Gasteiger partial charge on any atom is 0.329 e. The van der Waals surface area contributed by atoms with Crippen LogP contribution in [0.5, 0.6) is 0 Å². The number of carboxylic acid groups (broad SMARTS) is 1. The quantitative estimate of drug-likeness (QED) is 0.0514. The highest BCUT2D eigenvalue weighted by atomic mass is 16.5. The number of nitrogens with two attached hydrogens (primary N) is 1. The normalized spacial score (nSPS) is 25.4. The fourth-order valence-electron chi connectivity index (χ4n) is 10.9. The molecule has 29 heteroatoms. The van der Waals surface area contributed by atoms with Crippen LogP contribution >= 0.6 is 0 Å². The summed E-state index contributed by atoms with van der Waals surface area (Å²) in [5.41, 5.74) is 7.64. The third-order valence-electron chi connectivity index (χ3n) is 15.7. The van der Waals surface area contributed by atoms with Crippen molar-refractivity contribution >= 4 is 98.9 Å². The first-order chi connectivity index (χ1) is 41.8. The summed E-state index contributed by atoms with van der Waals surface area (Å²) >= 11 is 0. The molecule has 12 atom stereocenters. The molecule has 5 heterocycles. The van der Waals surface area contributed by atoms with Gasteiger partial charge in [-0.25, -0.2) is 4.79 Å². The van der Waals surface area contributed by atoms with Gasteiger partial charge in [0.25, 0.3) is 5.91 Å². The zero-order valence-electron chi connectivity index (χ0n) is 49.5. The summed E-state index contributed by atoms with van der Waals surface area (Å²) in [4.78, 5) is 177. The average molecular weight is 1220 g/mol. The second kappa shape index (κ2) is 29.4. The number of para-hydroxylation sites is 2. The number of nitrogens with one attached hydrogen (secondary N) is 10. The number of carbonyl (C=O) groups excluding carboxylic acids is 11. The number of rotatable bonds is 13. The van der Waals surface area contributed by atoms with Crippen LogP contribution in [-0.2, 0) is 62.3 Å². The Morgan fingerprint density at radius 3 is 2.05 bits per heavy atom. The van der Waals surface area contributed by atoms with Gasteiger partial charge in [-0.3, -0.25) is 52.7 Å². The average Bonchev–Trinajstić information content (AvgIpc) is 2.55. The van der Waals surface area contributed by atoms with Gasteiger partial charge in [-0.1, -0.05) is 57.2 Å². The number of esters is 1. The minimum Gasteiger partial charge on any atom is -0.480 e. The van der Waals surface area contributed by atoms with Gasteiger partial charge in [-0.2, -0.15) is 0 Å². The van der Waals surface area contributed by atoms with Gasteiger partial charge in [0.2, 0.25) is 53.2 Å². The standard InChI is InChI=1S/C59H77N13O16/c1-28(2)21-41-57(84)72-20-12-18-44(72)59(87)88-32(6)49(70-52(79)42(27-73)65-45(75)23-37(60)58(85)86)56(83)69-48(31(5)74)55(82)64-30(4)50(77)63-26-46(76)71-19-11-17-43(71)53(80)66-40(22-33-24-61-38-15-9-7-13-34(33)38)51(78)68-47(54(81)67-41)29(3)36-25-62-39-16-10-8-14-35(36)39/h7-10,13-16,22,24-25,28-32,37,41-44,47-49,61-62,73-74H,11-12,17-21,23,26-27,60H2,1-6H3,(H,63,77)(H,64,82)(H,65,75)(H,66,80)(H,67,81)(H,68,78)(H,69,83)(H,70,79)(H,85,86)/b40-22+. The van der Waals surface area contributed by atoms with Gasteiger partial charge in [-0.05, 0) is 82.6 Å². The topological polar surface area (TPSA) is 435 Å². The van der Waals surface area contributed by atoms with Gasteiger partial charge in [0.05, 0.1) is 25.7 Å². The van der Waals surface area contributed by atoms with E-state index >= 15 is 14.4 Å². The molecule has 2 aromatic heterocycles. The summed E-state index contributed by atoms with van der Waals surface area (Å²) in [5, 5.41) is 51.5. The van der Waals surface area contributed by atoms with Crippen LogP contribution in [0.4, 0.5) is 0 Å². The molecule has 3 aliphatic heterocycles. The van der Waals surface area contributed by atoms with Crippen LogP contribution < -0.4 is 48.3 Å². The second-order valence-electron chi connectivity index (χ2n) is 22.7. The molecule has 2 aromatic carbocycles. The maximum atomic E-state index is 15.2. The Balaban J connectivity index is 1.28. The molecular formula is C59H77N13O16. The molecule has 4 aromatic rings. The molecule has 3 fully saturated rings. The smallest absolute Gasteiger partial charge is 0.329 e. The number of fused-ring (bicyclic) bond motifs is 4. The van der Waals surface area contributed by atoms with E-state index in [-0.39, 0.29) is 50.4 Å². The number of aliphatic hydroxyl groups is 2. The molecule has 0 radical (unpaired) electrons. The van der Waals surface area contributed by atoms with Crippen molar-refractivity contribution < 1.29 is 77.6 Å². The van der Waals surface area contributed by atoms with Crippen molar-refractivity contribution in [1.29, 1.82) is 0 Å². The van der Waals surface area contributed by atoms with E-state index in [0.717, 1.165) is 13.8 Å². The number of cyclic esters (lactones) is 1. The molecule has 88 heavy (non-hydrogen) atoms. The van der Waals surface area contributed by atoms with Crippen LogP contribution in [0.25, 0.3) is 27.9 Å². The Kier molecular flexibility index (Phi) is 22.2. The summed E-state index contributed by atoms with van der Waals surface area (Å²) in [5.74, 6) is -13.5. The van der Waals surface area contributed by atoms with E-state index < -0.39 is 163 Å². The number of nitrogens with zero attached hydrogens (tertiary/aromatic N) is 2. The summed E-state index contributed by atoms with van der Waals surface area (Å²) in [6, 6.07) is 0.0909. The monoisotopic (exact) mass is 1220 g/mol. The number of H-pyrrole nitrogens is 2. The number of aromatic nitrogens is 2. The fraction of sp³-hybridized carbons (Fsp3) is 0.492. The van der Waals surface area contributed by atoms with Crippen LogP contribution in [0.1, 0.15) is 97.1 Å². The van der Waals surface area contributed by atoms with E-state index in [1.54, 1.807) is 57.4 Å². The van der Waals surface area contributed by atoms with Gasteiger partial charge in [-0.15, -0.1) is 0 Å². The number of aliphatic hydroxyl groups excluding tert-OH is 2. The molecule has 0 saturated carbocycles. The Labute approximate surface area is 505 Å². The molecule has 3 saturated heterocycles. The summed E-state index contributed by atoms with van der Waals surface area (Å²) in [6.07, 6.45) is 1.19. The number of ether oxygens (including phenoxy) is 1. The van der Waals surface area contributed by atoms with Crippen molar-refractivity contribution in [2.45, 2.75) is 153 Å². The number of hydrogen-bond acceptors (Lipinski definition) is 16. The summed E-state index contributed by atoms with van der Waals surface area (Å²) in [7, 11) is 0. The zero-order chi connectivity index (χ0) is 64.3. The first kappa shape index (κ1) is 66.3. The van der Waals surface area contributed by atoms with Crippen molar-refractivity contribution in [2.75, 3.05) is 26.2 Å². The lowest BCUT2D eigenvalue weighted by atomic mass is 9.91. The van der Waals surface area contributed by atoms with Crippen molar-refractivity contribution in [2.24, 2.45) is 11.7 Å². The molecule has 29 nitrogen and oxygen atoms in total. The number of aromatic amines is 2. The van der Waals surface area contributed by atoms with E-state index in [2.05, 4.69) is 52.5 Å². The van der Waals surface area contributed by atoms with Crippen molar-refractivity contribution in [1.82, 2.24) is 62.3 Å². The van der Waals surface area contributed by atoms with E-state index in [4.69, 9.17) is 10.5 Å². The molecule has 7 rings (SSSR count). The van der Waals surface area contributed by atoms with Crippen molar-refractivity contribution in [3.05, 3.63) is 77.7 Å². The first-order valence-corrected chi connectivity index (χ1v) is 29.1. The van der Waals surface area contributed by atoms with Gasteiger partial charge < -0.3 is 88.1 Å². The number of hydrogen-bond donors (Lipinski definition) is 14. The second-order valence-corrected chi connectivity index (χ2v) is 22.7. The highest BCUT2D eigenvalue weighted by Crippen LogP contribution is 2.30. The molecule has 12 unspecified atom stereocenters. The highest BCUT2D eigenvalue weighted by molar-refractivity contribution is 6.07. The third-order valence-corrected chi connectivity index (χ3v) is 15.7. The number of amides is 10. The lowest BCUT2D eigenvalue weighted by Gasteiger charge is -2.33. The van der Waals surface area contributed by atoms with Crippen molar-refractivity contribution in [3.8, 4) is 0 Å². The number of carbonyl (C=O) groups is 12. The van der Waals surface area contributed by atoms with E-state index in [9.17, 15) is 58.5 Å². The lowest BCUT2D eigenvalue weighted by Crippen LogP contribution is -2.63. The molecule has 474 valence electrons. The zero-order valence-corrected chi connectivity index (χ0v) is 49.5. The fourth-order valence-corrected chi connectivity index (χ4v) is 10.9. The van der Waals surface area contributed by atoms with Crippen LogP contribution in [-0.4, -0.2) is 199 Å². The maximum absolute atomic E-state index is 15.2. The SMILES string of the molecule is CC(C)CC1NC(=O)C(C(C)c2c[nH]c3ccccc23)NC(=O)/C(=C\c2c[nH]c3ccccc23)NC(=O)C2CCCN2C(=O)CNC(=O)C(C)NC(=O)C(C(C)O)NC(=O)C(NC(=O)C(CO)NC(=O)CC(N)C(=O)O)C(C)OC(=O)C2CCCN2C1=O. The van der Waals surface area contributed by atoms with Crippen LogP contribution in [0.2, 0.25) is 0 Å². The molecule has 3 aliphatic rings. The Hall–Kier alpha value is -9.22. The minimum absolute atomic E-state index is 0.0102. The number of carboxylic acids is 1. The molecule has 0 bridgehead atoms. The predicted octanol–water partition coefficient (Wildman–Crippen LogP) is -1.90. The summed E-state index contributed by atoms with van der Waals surface area (Å²) < 4.78 is 5.83. The number of benzene rings is 2.